The van der Waals surface area contributed by atoms with Crippen LogP contribution in [0, 0.1) is 0 Å². The first-order chi connectivity index (χ1) is 12.6. The summed E-state index contributed by atoms with van der Waals surface area (Å²) in [6, 6.07) is 6.07. The molecule has 0 aliphatic heterocycles. The summed E-state index contributed by atoms with van der Waals surface area (Å²) in [7, 11) is 0. The summed E-state index contributed by atoms with van der Waals surface area (Å²) in [5, 5.41) is 5.31. The average molecular weight is 376 g/mol. The lowest BCUT2D eigenvalue weighted by atomic mass is 10.2. The molecular weight excluding hydrogens is 356 g/mol. The third-order valence-electron chi connectivity index (χ3n) is 2.93. The van der Waals surface area contributed by atoms with Gasteiger partial charge >= 0.3 is 6.03 Å². The summed E-state index contributed by atoms with van der Waals surface area (Å²) in [5.41, 5.74) is 0.487. The van der Waals surface area contributed by atoms with Crippen LogP contribution in [0.5, 0.6) is 11.5 Å². The molecule has 0 saturated heterocycles. The number of hydrogen-bond acceptors (Lipinski definition) is 7. The van der Waals surface area contributed by atoms with E-state index in [1.54, 1.807) is 36.7 Å². The maximum Gasteiger partial charge on any atom is 0.325 e. The van der Waals surface area contributed by atoms with Gasteiger partial charge in [-0.25, -0.2) is 14.8 Å². The number of anilines is 1. The van der Waals surface area contributed by atoms with Gasteiger partial charge in [-0.1, -0.05) is 11.8 Å². The Morgan fingerprint density at radius 3 is 2.46 bits per heavy atom. The Labute approximate surface area is 155 Å². The van der Waals surface area contributed by atoms with Gasteiger partial charge in [-0.15, -0.1) is 0 Å². The Bertz CT molecular complexity index is 743. The van der Waals surface area contributed by atoms with Gasteiger partial charge in [0.05, 0.1) is 19.0 Å². The molecule has 9 heteroatoms. The molecule has 0 aliphatic carbocycles. The lowest BCUT2D eigenvalue weighted by Crippen LogP contribution is -2.35. The number of carbonyl (C=O) groups excluding carboxylic acids is 2. The van der Waals surface area contributed by atoms with Crippen molar-refractivity contribution in [2.75, 3.05) is 24.3 Å². The van der Waals surface area contributed by atoms with E-state index < -0.39 is 11.9 Å². The van der Waals surface area contributed by atoms with E-state index in [4.69, 9.17) is 9.47 Å². The minimum Gasteiger partial charge on any atom is -0.490 e. The van der Waals surface area contributed by atoms with Crippen LogP contribution in [0.25, 0.3) is 0 Å². The second-order valence-electron chi connectivity index (χ2n) is 4.85. The van der Waals surface area contributed by atoms with E-state index in [9.17, 15) is 9.59 Å². The standard InChI is InChI=1S/C17H20N4O4S/c1-3-24-13-7-6-12(10-14(13)25-4-2)20-16(23)21-15(22)11-26-17-18-8-5-9-19-17/h5-10H,3-4,11H2,1-2H3,(H2,20,21,22,23). The number of ether oxygens (including phenoxy) is 2. The first-order valence-electron chi connectivity index (χ1n) is 8.02. The van der Waals surface area contributed by atoms with Gasteiger partial charge in [-0.2, -0.15) is 0 Å². The van der Waals surface area contributed by atoms with Gasteiger partial charge in [0.25, 0.3) is 0 Å². The zero-order valence-corrected chi connectivity index (χ0v) is 15.3. The van der Waals surface area contributed by atoms with E-state index in [0.29, 0.717) is 35.6 Å². The van der Waals surface area contributed by atoms with Crippen molar-refractivity contribution in [1.29, 1.82) is 0 Å². The Morgan fingerprint density at radius 1 is 1.08 bits per heavy atom. The van der Waals surface area contributed by atoms with Gasteiger partial charge < -0.3 is 14.8 Å². The van der Waals surface area contributed by atoms with Crippen molar-refractivity contribution in [2.45, 2.75) is 19.0 Å². The zero-order valence-electron chi connectivity index (χ0n) is 14.5. The summed E-state index contributed by atoms with van der Waals surface area (Å²) >= 11 is 1.14. The lowest BCUT2D eigenvalue weighted by Gasteiger charge is -2.13. The highest BCUT2D eigenvalue weighted by molar-refractivity contribution is 7.99. The molecule has 26 heavy (non-hydrogen) atoms. The van der Waals surface area contributed by atoms with Crippen LogP contribution in [0.4, 0.5) is 10.5 Å². The van der Waals surface area contributed by atoms with E-state index in [-0.39, 0.29) is 5.75 Å². The van der Waals surface area contributed by atoms with Crippen molar-refractivity contribution in [2.24, 2.45) is 0 Å². The minimum atomic E-state index is -0.629. The molecule has 3 amide bonds. The van der Waals surface area contributed by atoms with E-state index in [2.05, 4.69) is 20.6 Å². The maximum absolute atomic E-state index is 12.0. The Hall–Kier alpha value is -2.81. The fourth-order valence-corrected chi connectivity index (χ4v) is 2.55. The second kappa shape index (κ2) is 10.2. The number of aromatic nitrogens is 2. The van der Waals surface area contributed by atoms with Crippen molar-refractivity contribution in [3.05, 3.63) is 36.7 Å². The van der Waals surface area contributed by atoms with E-state index in [1.165, 1.54) is 0 Å². The first kappa shape index (κ1) is 19.5. The number of carbonyl (C=O) groups is 2. The van der Waals surface area contributed by atoms with Crippen molar-refractivity contribution < 1.29 is 19.1 Å². The average Bonchev–Trinajstić information content (AvgIpc) is 2.63. The molecule has 1 aromatic carbocycles. The van der Waals surface area contributed by atoms with E-state index in [0.717, 1.165) is 11.8 Å². The zero-order chi connectivity index (χ0) is 18.8. The van der Waals surface area contributed by atoms with Crippen molar-refractivity contribution >= 4 is 29.4 Å². The molecule has 0 spiro atoms. The van der Waals surface area contributed by atoms with Crippen LogP contribution < -0.4 is 20.1 Å². The highest BCUT2D eigenvalue weighted by atomic mass is 32.2. The predicted molar refractivity (Wildman–Crippen MR) is 98.7 cm³/mol. The van der Waals surface area contributed by atoms with Crippen LogP contribution in [0.2, 0.25) is 0 Å². The molecule has 8 nitrogen and oxygen atoms in total. The maximum atomic E-state index is 12.0. The van der Waals surface area contributed by atoms with Gasteiger partial charge in [0.2, 0.25) is 5.91 Å². The molecule has 0 radical (unpaired) electrons. The number of amides is 3. The number of nitrogens with zero attached hydrogens (tertiary/aromatic N) is 2. The third-order valence-corrected chi connectivity index (χ3v) is 3.80. The Balaban J connectivity index is 1.88. The normalized spacial score (nSPS) is 10.1. The molecule has 0 fully saturated rings. The highest BCUT2D eigenvalue weighted by Gasteiger charge is 2.11. The Morgan fingerprint density at radius 2 is 1.77 bits per heavy atom. The van der Waals surface area contributed by atoms with Crippen LogP contribution in [0.15, 0.2) is 41.8 Å². The number of hydrogen-bond donors (Lipinski definition) is 2. The number of benzene rings is 1. The van der Waals surface area contributed by atoms with Crippen molar-refractivity contribution in [1.82, 2.24) is 15.3 Å². The molecule has 0 atom stereocenters. The topological polar surface area (TPSA) is 102 Å². The number of nitrogens with one attached hydrogen (secondary N) is 2. The molecule has 1 aromatic heterocycles. The summed E-state index contributed by atoms with van der Waals surface area (Å²) in [5.74, 6) is 0.701. The lowest BCUT2D eigenvalue weighted by molar-refractivity contribution is -0.117. The number of imide groups is 1. The van der Waals surface area contributed by atoms with Crippen LogP contribution in [-0.4, -0.2) is 40.9 Å². The summed E-state index contributed by atoms with van der Waals surface area (Å²) < 4.78 is 11.0. The summed E-state index contributed by atoms with van der Waals surface area (Å²) in [6.45, 7) is 4.70. The van der Waals surface area contributed by atoms with Gasteiger partial charge in [-0.3, -0.25) is 10.1 Å². The molecule has 2 N–H and O–H groups in total. The SMILES string of the molecule is CCOc1ccc(NC(=O)NC(=O)CSc2ncccn2)cc1OCC. The molecule has 0 saturated carbocycles. The van der Waals surface area contributed by atoms with Gasteiger partial charge in [-0.05, 0) is 32.0 Å². The molecule has 0 aliphatic rings. The number of rotatable bonds is 8. The molecule has 0 unspecified atom stereocenters. The predicted octanol–water partition coefficient (Wildman–Crippen LogP) is 2.71. The second-order valence-corrected chi connectivity index (χ2v) is 5.79. The van der Waals surface area contributed by atoms with Gasteiger partial charge in [0.15, 0.2) is 16.7 Å². The fourth-order valence-electron chi connectivity index (χ4n) is 1.94. The monoisotopic (exact) mass is 376 g/mol. The fraction of sp³-hybridized carbons (Fsp3) is 0.294. The summed E-state index contributed by atoms with van der Waals surface area (Å²) in [4.78, 5) is 31.8. The third kappa shape index (κ3) is 6.25. The molecule has 0 bridgehead atoms. The van der Waals surface area contributed by atoms with Gasteiger partial charge in [0.1, 0.15) is 0 Å². The molecular formula is C17H20N4O4S. The smallest absolute Gasteiger partial charge is 0.325 e. The van der Waals surface area contributed by atoms with Crippen LogP contribution in [0.3, 0.4) is 0 Å². The first-order valence-corrected chi connectivity index (χ1v) is 9.01. The van der Waals surface area contributed by atoms with E-state index >= 15 is 0 Å². The van der Waals surface area contributed by atoms with Crippen molar-refractivity contribution in [3.8, 4) is 11.5 Å². The minimum absolute atomic E-state index is 0.0326. The number of thioether (sulfide) groups is 1. The molecule has 1 heterocycles. The van der Waals surface area contributed by atoms with Crippen LogP contribution in [0.1, 0.15) is 13.8 Å². The van der Waals surface area contributed by atoms with Crippen LogP contribution >= 0.6 is 11.8 Å². The van der Waals surface area contributed by atoms with Crippen LogP contribution in [-0.2, 0) is 4.79 Å². The van der Waals surface area contributed by atoms with Gasteiger partial charge in [0, 0.05) is 24.1 Å². The molecule has 138 valence electrons. The Kier molecular flexibility index (Phi) is 7.69. The summed E-state index contributed by atoms with van der Waals surface area (Å²) in [6.07, 6.45) is 3.17. The molecule has 2 rings (SSSR count). The largest absolute Gasteiger partial charge is 0.490 e. The molecule has 2 aromatic rings. The van der Waals surface area contributed by atoms with E-state index in [1.807, 2.05) is 13.8 Å². The quantitative estimate of drug-likeness (QED) is 0.539. The number of urea groups is 1. The highest BCUT2D eigenvalue weighted by Crippen LogP contribution is 2.30. The van der Waals surface area contributed by atoms with Crippen molar-refractivity contribution in [3.63, 3.8) is 0 Å².